The van der Waals surface area contributed by atoms with Crippen LogP contribution in [0.5, 0.6) is 0 Å². The first-order chi connectivity index (χ1) is 12.4. The molecule has 0 bridgehead atoms. The number of aryl methyl sites for hydroxylation is 1. The Labute approximate surface area is 148 Å². The SMILES string of the molecule is Cc1ccc(C(=O)OCC(=O)Nc2ccc3c(c2)C(=O)N(C)C3=O)cn1. The molecule has 1 aromatic carbocycles. The van der Waals surface area contributed by atoms with Crippen LogP contribution in [0.2, 0.25) is 0 Å². The molecule has 0 aliphatic carbocycles. The molecule has 0 unspecified atom stereocenters. The van der Waals surface area contributed by atoms with E-state index in [4.69, 9.17) is 4.74 Å². The largest absolute Gasteiger partial charge is 0.452 e. The van der Waals surface area contributed by atoms with Gasteiger partial charge in [-0.3, -0.25) is 24.3 Å². The number of imide groups is 1. The average Bonchev–Trinajstić information content (AvgIpc) is 2.84. The zero-order valence-corrected chi connectivity index (χ0v) is 14.1. The number of fused-ring (bicyclic) bond motifs is 1. The summed E-state index contributed by atoms with van der Waals surface area (Å²) >= 11 is 0. The summed E-state index contributed by atoms with van der Waals surface area (Å²) in [4.78, 5) is 52.6. The minimum absolute atomic E-state index is 0.220. The third-order valence-corrected chi connectivity index (χ3v) is 3.85. The number of anilines is 1. The van der Waals surface area contributed by atoms with Crippen molar-refractivity contribution in [3.63, 3.8) is 0 Å². The number of pyridine rings is 1. The highest BCUT2D eigenvalue weighted by molar-refractivity contribution is 6.21. The second kappa shape index (κ2) is 6.75. The normalized spacial score (nSPS) is 12.8. The molecule has 8 nitrogen and oxygen atoms in total. The lowest BCUT2D eigenvalue weighted by atomic mass is 10.1. The van der Waals surface area contributed by atoms with Gasteiger partial charge >= 0.3 is 5.97 Å². The first-order valence-corrected chi connectivity index (χ1v) is 7.73. The summed E-state index contributed by atoms with van der Waals surface area (Å²) in [6.07, 6.45) is 1.37. The zero-order valence-electron chi connectivity index (χ0n) is 14.1. The number of hydrogen-bond acceptors (Lipinski definition) is 6. The van der Waals surface area contributed by atoms with Crippen molar-refractivity contribution in [2.24, 2.45) is 0 Å². The summed E-state index contributed by atoms with van der Waals surface area (Å²) in [5.41, 5.74) is 1.84. The number of benzene rings is 1. The van der Waals surface area contributed by atoms with E-state index in [0.29, 0.717) is 5.69 Å². The van der Waals surface area contributed by atoms with E-state index in [1.165, 1.54) is 31.4 Å². The van der Waals surface area contributed by atoms with Gasteiger partial charge in [-0.05, 0) is 37.3 Å². The highest BCUT2D eigenvalue weighted by Gasteiger charge is 2.32. The first-order valence-electron chi connectivity index (χ1n) is 7.73. The van der Waals surface area contributed by atoms with Crippen LogP contribution < -0.4 is 5.32 Å². The Kier molecular flexibility index (Phi) is 4.49. The quantitative estimate of drug-likeness (QED) is 0.658. The maximum absolute atomic E-state index is 12.0. The van der Waals surface area contributed by atoms with Gasteiger partial charge in [0.15, 0.2) is 6.61 Å². The molecule has 0 atom stereocenters. The standard InChI is InChI=1S/C18H15N3O5/c1-10-3-4-11(8-19-10)18(25)26-9-15(22)20-12-5-6-13-14(7-12)17(24)21(2)16(13)23/h3-8H,9H2,1-2H3,(H,20,22). The van der Waals surface area contributed by atoms with E-state index in [-0.39, 0.29) is 22.6 Å². The van der Waals surface area contributed by atoms with Crippen molar-refractivity contribution in [3.8, 4) is 0 Å². The number of nitrogens with one attached hydrogen (secondary N) is 1. The Hall–Kier alpha value is -3.55. The summed E-state index contributed by atoms with van der Waals surface area (Å²) in [5, 5.41) is 2.52. The molecule has 2 aromatic rings. The predicted molar refractivity (Wildman–Crippen MR) is 90.8 cm³/mol. The Morgan fingerprint density at radius 3 is 2.54 bits per heavy atom. The Bertz CT molecular complexity index is 921. The highest BCUT2D eigenvalue weighted by Crippen LogP contribution is 2.24. The van der Waals surface area contributed by atoms with Crippen LogP contribution in [-0.2, 0) is 9.53 Å². The lowest BCUT2D eigenvalue weighted by molar-refractivity contribution is -0.119. The van der Waals surface area contributed by atoms with Crippen molar-refractivity contribution in [2.75, 3.05) is 19.0 Å². The van der Waals surface area contributed by atoms with Crippen LogP contribution in [0.3, 0.4) is 0 Å². The molecular formula is C18H15N3O5. The fraction of sp³-hybridized carbons (Fsp3) is 0.167. The summed E-state index contributed by atoms with van der Waals surface area (Å²) in [5.74, 6) is -2.05. The summed E-state index contributed by atoms with van der Waals surface area (Å²) in [6.45, 7) is 1.30. The number of hydrogen-bond donors (Lipinski definition) is 1. The van der Waals surface area contributed by atoms with Crippen LogP contribution >= 0.6 is 0 Å². The Balaban J connectivity index is 1.61. The summed E-state index contributed by atoms with van der Waals surface area (Å²) in [7, 11) is 1.39. The minimum Gasteiger partial charge on any atom is -0.452 e. The smallest absolute Gasteiger partial charge is 0.340 e. The number of amides is 3. The molecule has 0 saturated carbocycles. The number of aromatic nitrogens is 1. The molecule has 8 heteroatoms. The van der Waals surface area contributed by atoms with Crippen molar-refractivity contribution in [2.45, 2.75) is 6.92 Å². The molecule has 0 saturated heterocycles. The second-order valence-electron chi connectivity index (χ2n) is 5.74. The third-order valence-electron chi connectivity index (χ3n) is 3.85. The average molecular weight is 353 g/mol. The number of ether oxygens (including phenoxy) is 1. The molecule has 0 radical (unpaired) electrons. The monoisotopic (exact) mass is 353 g/mol. The van der Waals surface area contributed by atoms with Crippen molar-refractivity contribution in [1.82, 2.24) is 9.88 Å². The summed E-state index contributed by atoms with van der Waals surface area (Å²) < 4.78 is 4.93. The van der Waals surface area contributed by atoms with E-state index < -0.39 is 24.4 Å². The molecule has 3 amide bonds. The minimum atomic E-state index is -0.663. The van der Waals surface area contributed by atoms with Gasteiger partial charge in [-0.25, -0.2) is 4.79 Å². The van der Waals surface area contributed by atoms with Crippen LogP contribution in [-0.4, -0.2) is 47.2 Å². The van der Waals surface area contributed by atoms with Crippen LogP contribution in [0, 0.1) is 6.92 Å². The van der Waals surface area contributed by atoms with E-state index in [9.17, 15) is 19.2 Å². The van der Waals surface area contributed by atoms with Gasteiger partial charge in [-0.2, -0.15) is 0 Å². The number of nitrogens with zero attached hydrogens (tertiary/aromatic N) is 2. The molecule has 1 aromatic heterocycles. The van der Waals surface area contributed by atoms with Gasteiger partial charge in [0.25, 0.3) is 17.7 Å². The number of carbonyl (C=O) groups excluding carboxylic acids is 4. The predicted octanol–water partition coefficient (Wildman–Crippen LogP) is 1.41. The fourth-order valence-corrected chi connectivity index (χ4v) is 2.44. The zero-order chi connectivity index (χ0) is 18.8. The van der Waals surface area contributed by atoms with Crippen LogP contribution in [0.25, 0.3) is 0 Å². The molecule has 1 N–H and O–H groups in total. The van der Waals surface area contributed by atoms with Gasteiger partial charge < -0.3 is 10.1 Å². The molecule has 1 aliphatic heterocycles. The van der Waals surface area contributed by atoms with Gasteiger partial charge in [0, 0.05) is 24.6 Å². The molecule has 132 valence electrons. The Morgan fingerprint density at radius 1 is 1.12 bits per heavy atom. The molecular weight excluding hydrogens is 338 g/mol. The Morgan fingerprint density at radius 2 is 1.85 bits per heavy atom. The molecule has 3 rings (SSSR count). The van der Waals surface area contributed by atoms with Crippen LogP contribution in [0.15, 0.2) is 36.5 Å². The van der Waals surface area contributed by atoms with E-state index >= 15 is 0 Å². The van der Waals surface area contributed by atoms with Gasteiger partial charge in [0.2, 0.25) is 0 Å². The molecule has 0 fully saturated rings. The number of esters is 1. The van der Waals surface area contributed by atoms with Crippen LogP contribution in [0.4, 0.5) is 5.69 Å². The maximum atomic E-state index is 12.0. The number of carbonyl (C=O) groups is 4. The number of rotatable bonds is 4. The van der Waals surface area contributed by atoms with Crippen molar-refractivity contribution in [1.29, 1.82) is 0 Å². The van der Waals surface area contributed by atoms with Crippen molar-refractivity contribution in [3.05, 3.63) is 58.9 Å². The van der Waals surface area contributed by atoms with Gasteiger partial charge in [0.05, 0.1) is 16.7 Å². The van der Waals surface area contributed by atoms with E-state index in [1.807, 2.05) is 0 Å². The second-order valence-corrected chi connectivity index (χ2v) is 5.74. The maximum Gasteiger partial charge on any atom is 0.340 e. The first kappa shape index (κ1) is 17.3. The topological polar surface area (TPSA) is 106 Å². The lowest BCUT2D eigenvalue weighted by Crippen LogP contribution is -2.24. The van der Waals surface area contributed by atoms with E-state index in [0.717, 1.165) is 10.6 Å². The molecule has 26 heavy (non-hydrogen) atoms. The molecule has 0 spiro atoms. The van der Waals surface area contributed by atoms with Gasteiger partial charge in [-0.1, -0.05) is 0 Å². The van der Waals surface area contributed by atoms with Gasteiger partial charge in [-0.15, -0.1) is 0 Å². The van der Waals surface area contributed by atoms with E-state index in [1.54, 1.807) is 19.1 Å². The molecule has 1 aliphatic rings. The van der Waals surface area contributed by atoms with Crippen molar-refractivity contribution < 1.29 is 23.9 Å². The van der Waals surface area contributed by atoms with Crippen molar-refractivity contribution >= 4 is 29.4 Å². The van der Waals surface area contributed by atoms with Crippen LogP contribution in [0.1, 0.15) is 36.8 Å². The highest BCUT2D eigenvalue weighted by atomic mass is 16.5. The lowest BCUT2D eigenvalue weighted by Gasteiger charge is -2.07. The summed E-state index contributed by atoms with van der Waals surface area (Å²) in [6, 6.07) is 7.62. The molecule has 2 heterocycles. The third kappa shape index (κ3) is 3.30. The fourth-order valence-electron chi connectivity index (χ4n) is 2.44. The van der Waals surface area contributed by atoms with E-state index in [2.05, 4.69) is 10.3 Å². The van der Waals surface area contributed by atoms with Gasteiger partial charge in [0.1, 0.15) is 0 Å².